The van der Waals surface area contributed by atoms with Gasteiger partial charge in [0.05, 0.1) is 5.69 Å². The van der Waals surface area contributed by atoms with Gasteiger partial charge in [0.1, 0.15) is 0 Å². The van der Waals surface area contributed by atoms with E-state index in [4.69, 9.17) is 16.3 Å². The summed E-state index contributed by atoms with van der Waals surface area (Å²) in [6.45, 7) is 1.81. The Kier molecular flexibility index (Phi) is 5.61. The number of amides is 1. The van der Waals surface area contributed by atoms with Crippen molar-refractivity contribution in [1.29, 1.82) is 0 Å². The second-order valence-corrected chi connectivity index (χ2v) is 6.30. The molecule has 0 aliphatic carbocycles. The third kappa shape index (κ3) is 4.43. The molecule has 21 heavy (non-hydrogen) atoms. The summed E-state index contributed by atoms with van der Waals surface area (Å²) >= 11 is 12.7. The van der Waals surface area contributed by atoms with E-state index in [0.29, 0.717) is 11.4 Å². The van der Waals surface area contributed by atoms with Crippen LogP contribution in [0.2, 0.25) is 5.15 Å². The third-order valence-electron chi connectivity index (χ3n) is 2.53. The summed E-state index contributed by atoms with van der Waals surface area (Å²) in [7, 11) is 0. The average Bonchev–Trinajstić information content (AvgIpc) is 2.42. The molecule has 1 amide bonds. The molecule has 110 valence electrons. The molecule has 0 fully saturated rings. The zero-order valence-corrected chi connectivity index (χ0v) is 14.9. The lowest BCUT2D eigenvalue weighted by molar-refractivity contribution is -0.118. The number of hydrogen-bond donors (Lipinski definition) is 1. The number of halogens is 3. The molecule has 2 aromatic rings. The normalized spacial score (nSPS) is 10.3. The van der Waals surface area contributed by atoms with Gasteiger partial charge in [-0.05, 0) is 68.6 Å². The highest BCUT2D eigenvalue weighted by Crippen LogP contribution is 2.32. The molecule has 0 aliphatic rings. The standard InChI is InChI=1S/C14H11Br2ClN2O2/c1-8-5-9(15)13(10(16)6-8)19-12(20)7-21-11-3-2-4-18-14(11)17/h2-6H,7H2,1H3,(H,19,20). The fourth-order valence-electron chi connectivity index (χ4n) is 1.62. The van der Waals surface area contributed by atoms with Crippen LogP contribution in [0, 0.1) is 6.92 Å². The summed E-state index contributed by atoms with van der Waals surface area (Å²) in [6.07, 6.45) is 1.55. The number of benzene rings is 1. The monoisotopic (exact) mass is 432 g/mol. The van der Waals surface area contributed by atoms with Crippen molar-refractivity contribution in [3.05, 3.63) is 50.1 Å². The van der Waals surface area contributed by atoms with Crippen LogP contribution in [-0.4, -0.2) is 17.5 Å². The second-order valence-electron chi connectivity index (χ2n) is 4.23. The molecular formula is C14H11Br2ClN2O2. The zero-order valence-electron chi connectivity index (χ0n) is 11.0. The van der Waals surface area contributed by atoms with Crippen molar-refractivity contribution in [3.63, 3.8) is 0 Å². The van der Waals surface area contributed by atoms with Crippen molar-refractivity contribution in [2.75, 3.05) is 11.9 Å². The first kappa shape index (κ1) is 16.3. The highest BCUT2D eigenvalue weighted by Gasteiger charge is 2.11. The Balaban J connectivity index is 2.01. The molecule has 0 aliphatic heterocycles. The van der Waals surface area contributed by atoms with E-state index in [1.54, 1.807) is 18.3 Å². The van der Waals surface area contributed by atoms with Crippen LogP contribution in [0.5, 0.6) is 5.75 Å². The molecule has 0 bridgehead atoms. The largest absolute Gasteiger partial charge is 0.481 e. The van der Waals surface area contributed by atoms with Gasteiger partial charge in [-0.1, -0.05) is 11.6 Å². The van der Waals surface area contributed by atoms with Gasteiger partial charge in [0, 0.05) is 15.1 Å². The molecule has 1 N–H and O–H groups in total. The molecule has 0 saturated carbocycles. The van der Waals surface area contributed by atoms with Gasteiger partial charge in [-0.3, -0.25) is 4.79 Å². The zero-order chi connectivity index (χ0) is 15.4. The number of carbonyl (C=O) groups is 1. The third-order valence-corrected chi connectivity index (χ3v) is 4.07. The van der Waals surface area contributed by atoms with Crippen LogP contribution in [0.1, 0.15) is 5.56 Å². The van der Waals surface area contributed by atoms with E-state index < -0.39 is 0 Å². The van der Waals surface area contributed by atoms with Crippen LogP contribution in [0.25, 0.3) is 0 Å². The van der Waals surface area contributed by atoms with Crippen molar-refractivity contribution in [2.45, 2.75) is 6.92 Å². The predicted molar refractivity (Wildman–Crippen MR) is 90.0 cm³/mol. The van der Waals surface area contributed by atoms with E-state index >= 15 is 0 Å². The van der Waals surface area contributed by atoms with Gasteiger partial charge in [0.15, 0.2) is 17.5 Å². The molecule has 0 saturated heterocycles. The van der Waals surface area contributed by atoms with Gasteiger partial charge in [-0.2, -0.15) is 0 Å². The lowest BCUT2D eigenvalue weighted by Crippen LogP contribution is -2.20. The Morgan fingerprint density at radius 3 is 2.67 bits per heavy atom. The van der Waals surface area contributed by atoms with Crippen molar-refractivity contribution in [3.8, 4) is 5.75 Å². The van der Waals surface area contributed by atoms with E-state index in [-0.39, 0.29) is 17.7 Å². The first-order chi connectivity index (χ1) is 9.97. The maximum absolute atomic E-state index is 11.9. The summed E-state index contributed by atoms with van der Waals surface area (Å²) in [5, 5.41) is 3.00. The fourth-order valence-corrected chi connectivity index (χ4v) is 3.40. The summed E-state index contributed by atoms with van der Waals surface area (Å²) in [6, 6.07) is 7.17. The average molecular weight is 435 g/mol. The van der Waals surface area contributed by atoms with E-state index in [1.807, 2.05) is 19.1 Å². The highest BCUT2D eigenvalue weighted by atomic mass is 79.9. The number of rotatable bonds is 4. The number of aryl methyl sites for hydroxylation is 1. The highest BCUT2D eigenvalue weighted by molar-refractivity contribution is 9.11. The van der Waals surface area contributed by atoms with Gasteiger partial charge >= 0.3 is 0 Å². The predicted octanol–water partition coefficient (Wildman–Crippen LogP) is 4.59. The van der Waals surface area contributed by atoms with Gasteiger partial charge in [0.2, 0.25) is 0 Å². The number of anilines is 1. The molecule has 1 heterocycles. The number of nitrogens with zero attached hydrogens (tertiary/aromatic N) is 1. The number of nitrogens with one attached hydrogen (secondary N) is 1. The molecule has 0 radical (unpaired) electrons. The minimum absolute atomic E-state index is 0.155. The first-order valence-corrected chi connectivity index (χ1v) is 7.92. The Labute approximate surface area is 144 Å². The molecule has 7 heteroatoms. The molecule has 0 atom stereocenters. The number of ether oxygens (including phenoxy) is 1. The topological polar surface area (TPSA) is 51.2 Å². The smallest absolute Gasteiger partial charge is 0.262 e. The minimum Gasteiger partial charge on any atom is -0.481 e. The maximum atomic E-state index is 11.9. The van der Waals surface area contributed by atoms with Gasteiger partial charge in [-0.25, -0.2) is 4.98 Å². The van der Waals surface area contributed by atoms with Gasteiger partial charge in [-0.15, -0.1) is 0 Å². The number of aromatic nitrogens is 1. The van der Waals surface area contributed by atoms with E-state index in [0.717, 1.165) is 14.5 Å². The molecular weight excluding hydrogens is 423 g/mol. The maximum Gasteiger partial charge on any atom is 0.262 e. The lowest BCUT2D eigenvalue weighted by atomic mass is 10.2. The molecule has 1 aromatic carbocycles. The summed E-state index contributed by atoms with van der Waals surface area (Å²) in [4.78, 5) is 15.8. The van der Waals surface area contributed by atoms with Crippen molar-refractivity contribution < 1.29 is 9.53 Å². The molecule has 1 aromatic heterocycles. The quantitative estimate of drug-likeness (QED) is 0.717. The fraction of sp³-hybridized carbons (Fsp3) is 0.143. The van der Waals surface area contributed by atoms with Crippen LogP contribution in [0.4, 0.5) is 5.69 Å². The van der Waals surface area contributed by atoms with Crippen LogP contribution in [0.15, 0.2) is 39.4 Å². The van der Waals surface area contributed by atoms with Crippen molar-refractivity contribution >= 4 is 55.1 Å². The van der Waals surface area contributed by atoms with Gasteiger partial charge < -0.3 is 10.1 Å². The Hall–Kier alpha value is -1.11. The van der Waals surface area contributed by atoms with Crippen LogP contribution < -0.4 is 10.1 Å². The molecule has 2 rings (SSSR count). The summed E-state index contributed by atoms with van der Waals surface area (Å²) in [5.41, 5.74) is 1.73. The summed E-state index contributed by atoms with van der Waals surface area (Å²) < 4.78 is 6.92. The minimum atomic E-state index is -0.292. The Morgan fingerprint density at radius 1 is 1.38 bits per heavy atom. The molecule has 0 unspecified atom stereocenters. The first-order valence-electron chi connectivity index (χ1n) is 5.96. The van der Waals surface area contributed by atoms with Crippen molar-refractivity contribution in [1.82, 2.24) is 4.98 Å². The van der Waals surface area contributed by atoms with E-state index in [1.165, 1.54) is 0 Å². The lowest BCUT2D eigenvalue weighted by Gasteiger charge is -2.11. The summed E-state index contributed by atoms with van der Waals surface area (Å²) in [5.74, 6) is 0.0801. The molecule has 0 spiro atoms. The second kappa shape index (κ2) is 7.24. The SMILES string of the molecule is Cc1cc(Br)c(NC(=O)COc2cccnc2Cl)c(Br)c1. The van der Waals surface area contributed by atoms with E-state index in [9.17, 15) is 4.79 Å². The van der Waals surface area contributed by atoms with Crippen LogP contribution in [0.3, 0.4) is 0 Å². The number of pyridine rings is 1. The molecule has 4 nitrogen and oxygen atoms in total. The van der Waals surface area contributed by atoms with Crippen LogP contribution >= 0.6 is 43.5 Å². The van der Waals surface area contributed by atoms with E-state index in [2.05, 4.69) is 42.2 Å². The number of hydrogen-bond acceptors (Lipinski definition) is 3. The Morgan fingerprint density at radius 2 is 2.05 bits per heavy atom. The van der Waals surface area contributed by atoms with Gasteiger partial charge in [0.25, 0.3) is 5.91 Å². The van der Waals surface area contributed by atoms with Crippen LogP contribution in [-0.2, 0) is 4.79 Å². The number of carbonyl (C=O) groups excluding carboxylic acids is 1. The Bertz CT molecular complexity index is 657. The van der Waals surface area contributed by atoms with Crippen molar-refractivity contribution in [2.24, 2.45) is 0 Å².